The van der Waals surface area contributed by atoms with Crippen LogP contribution in [0.25, 0.3) is 0 Å². The molecule has 0 aliphatic heterocycles. The maximum Gasteiger partial charge on any atom is 0.0768 e. The van der Waals surface area contributed by atoms with E-state index < -0.39 is 0 Å². The number of hydrogen-bond acceptors (Lipinski definition) is 0. The van der Waals surface area contributed by atoms with Gasteiger partial charge in [0.15, 0.2) is 0 Å². The number of nitrogens with one attached hydrogen (secondary N) is 1. The number of unbranched alkanes of at least 4 members (excludes halogenated alkanes) is 9. The smallest absolute Gasteiger partial charge is 0.0768 e. The Morgan fingerprint density at radius 1 is 0.529 bits per heavy atom. The zero-order valence-electron chi connectivity index (χ0n) is 12.7. The maximum absolute atomic E-state index is 2.37. The summed E-state index contributed by atoms with van der Waals surface area (Å²) in [5, 5.41) is 0. The van der Waals surface area contributed by atoms with Gasteiger partial charge in [0.25, 0.3) is 0 Å². The molecule has 0 fully saturated rings. The van der Waals surface area contributed by atoms with Gasteiger partial charge in [0.05, 0.1) is 20.1 Å². The van der Waals surface area contributed by atoms with Crippen LogP contribution in [0.2, 0.25) is 0 Å². The van der Waals surface area contributed by atoms with Gasteiger partial charge in [-0.05, 0) is 25.7 Å². The molecule has 0 radical (unpaired) electrons. The monoisotopic (exact) mass is 242 g/mol. The first-order valence-corrected chi connectivity index (χ1v) is 8.12. The summed E-state index contributed by atoms with van der Waals surface area (Å²) < 4.78 is 0. The van der Waals surface area contributed by atoms with Crippen LogP contribution >= 0.6 is 0 Å². The Morgan fingerprint density at radius 2 is 0.882 bits per heavy atom. The lowest BCUT2D eigenvalue weighted by atomic mass is 10.1. The van der Waals surface area contributed by atoms with Crippen molar-refractivity contribution in [3.05, 3.63) is 0 Å². The molecule has 1 unspecified atom stereocenters. The lowest BCUT2D eigenvalue weighted by Gasteiger charge is -2.13. The van der Waals surface area contributed by atoms with Crippen LogP contribution in [0, 0.1) is 0 Å². The van der Waals surface area contributed by atoms with Crippen LogP contribution in [0.4, 0.5) is 0 Å². The largest absolute Gasteiger partial charge is 0.337 e. The Bertz CT molecular complexity index is 133. The van der Waals surface area contributed by atoms with Gasteiger partial charge in [-0.25, -0.2) is 0 Å². The van der Waals surface area contributed by atoms with E-state index in [4.69, 9.17) is 0 Å². The van der Waals surface area contributed by atoms with Crippen molar-refractivity contribution in [1.29, 1.82) is 0 Å². The predicted molar refractivity (Wildman–Crippen MR) is 78.8 cm³/mol. The lowest BCUT2D eigenvalue weighted by Crippen LogP contribution is -3.09. The molecule has 0 aromatic rings. The first kappa shape index (κ1) is 17.0. The summed E-state index contributed by atoms with van der Waals surface area (Å²) in [6, 6.07) is 0. The van der Waals surface area contributed by atoms with Gasteiger partial charge in [0.1, 0.15) is 0 Å². The SMILES string of the molecule is CCCCCCCC[NH+](C)CCCCCCC. The third-order valence-corrected chi connectivity index (χ3v) is 3.66. The van der Waals surface area contributed by atoms with E-state index >= 15 is 0 Å². The van der Waals surface area contributed by atoms with Crippen LogP contribution in [0.1, 0.15) is 84.5 Å². The molecule has 0 aliphatic carbocycles. The summed E-state index contributed by atoms with van der Waals surface area (Å²) in [5.74, 6) is 0. The second-order valence-electron chi connectivity index (χ2n) is 5.64. The van der Waals surface area contributed by atoms with Crippen LogP contribution in [0.3, 0.4) is 0 Å². The molecule has 1 atom stereocenters. The molecule has 0 spiro atoms. The van der Waals surface area contributed by atoms with Gasteiger partial charge in [-0.2, -0.15) is 0 Å². The highest BCUT2D eigenvalue weighted by Gasteiger charge is 2.01. The summed E-state index contributed by atoms with van der Waals surface area (Å²) in [6.07, 6.45) is 15.7. The Balaban J connectivity index is 3.09. The van der Waals surface area contributed by atoms with E-state index in [-0.39, 0.29) is 0 Å². The molecule has 1 nitrogen and oxygen atoms in total. The molecule has 0 aliphatic rings. The molecule has 0 aromatic heterocycles. The number of quaternary nitrogens is 1. The molecular weight excluding hydrogens is 206 g/mol. The Kier molecular flexibility index (Phi) is 14.0. The minimum atomic E-state index is 1.36. The van der Waals surface area contributed by atoms with Gasteiger partial charge in [0, 0.05) is 0 Å². The molecular formula is C16H36N+. The molecule has 0 bridgehead atoms. The van der Waals surface area contributed by atoms with Crippen LogP contribution in [0.5, 0.6) is 0 Å². The average Bonchev–Trinajstić information content (AvgIpc) is 2.33. The van der Waals surface area contributed by atoms with Crippen molar-refractivity contribution >= 4 is 0 Å². The highest BCUT2D eigenvalue weighted by atomic mass is 15.1. The van der Waals surface area contributed by atoms with E-state index in [2.05, 4.69) is 20.9 Å². The van der Waals surface area contributed by atoms with Crippen LogP contribution in [-0.4, -0.2) is 20.1 Å². The van der Waals surface area contributed by atoms with Crippen molar-refractivity contribution in [2.45, 2.75) is 84.5 Å². The molecule has 1 heteroatoms. The highest BCUT2D eigenvalue weighted by Crippen LogP contribution is 2.03. The molecule has 0 saturated carbocycles. The molecule has 104 valence electrons. The van der Waals surface area contributed by atoms with E-state index in [1.807, 2.05) is 0 Å². The Hall–Kier alpha value is -0.0400. The Morgan fingerprint density at radius 3 is 1.29 bits per heavy atom. The maximum atomic E-state index is 2.37. The molecule has 0 amide bonds. The predicted octanol–water partition coefficient (Wildman–Crippen LogP) is 3.83. The molecule has 1 N–H and O–H groups in total. The van der Waals surface area contributed by atoms with Gasteiger partial charge in [-0.3, -0.25) is 0 Å². The number of hydrogen-bond donors (Lipinski definition) is 1. The van der Waals surface area contributed by atoms with Crippen molar-refractivity contribution in [3.63, 3.8) is 0 Å². The Labute approximate surface area is 110 Å². The van der Waals surface area contributed by atoms with Gasteiger partial charge >= 0.3 is 0 Å². The van der Waals surface area contributed by atoms with Crippen molar-refractivity contribution in [3.8, 4) is 0 Å². The summed E-state index contributed by atoms with van der Waals surface area (Å²) in [6.45, 7) is 7.35. The third-order valence-electron chi connectivity index (χ3n) is 3.66. The van der Waals surface area contributed by atoms with Crippen molar-refractivity contribution in [1.82, 2.24) is 0 Å². The molecule has 0 rings (SSSR count). The second kappa shape index (κ2) is 14.0. The summed E-state index contributed by atoms with van der Waals surface area (Å²) >= 11 is 0. The zero-order chi connectivity index (χ0) is 12.8. The molecule has 17 heavy (non-hydrogen) atoms. The standard InChI is InChI=1S/C16H35N/c1-4-6-8-10-12-14-16-17(3)15-13-11-9-7-5-2/h4-16H2,1-3H3/p+1. The lowest BCUT2D eigenvalue weighted by molar-refractivity contribution is -0.880. The minimum Gasteiger partial charge on any atom is -0.337 e. The molecule has 0 aromatic carbocycles. The fourth-order valence-corrected chi connectivity index (χ4v) is 2.36. The van der Waals surface area contributed by atoms with E-state index in [0.29, 0.717) is 0 Å². The van der Waals surface area contributed by atoms with E-state index in [1.54, 1.807) is 4.90 Å². The summed E-state index contributed by atoms with van der Waals surface area (Å²) in [5.41, 5.74) is 0. The topological polar surface area (TPSA) is 4.44 Å². The first-order valence-electron chi connectivity index (χ1n) is 8.12. The van der Waals surface area contributed by atoms with Crippen molar-refractivity contribution in [2.75, 3.05) is 20.1 Å². The fourth-order valence-electron chi connectivity index (χ4n) is 2.36. The quantitative estimate of drug-likeness (QED) is 0.468. The summed E-state index contributed by atoms with van der Waals surface area (Å²) in [4.78, 5) is 1.75. The van der Waals surface area contributed by atoms with E-state index in [0.717, 1.165) is 0 Å². The highest BCUT2D eigenvalue weighted by molar-refractivity contribution is 4.43. The fraction of sp³-hybridized carbons (Fsp3) is 1.00. The van der Waals surface area contributed by atoms with E-state index in [1.165, 1.54) is 83.7 Å². The zero-order valence-corrected chi connectivity index (χ0v) is 12.7. The number of rotatable bonds is 13. The first-order chi connectivity index (χ1) is 8.31. The van der Waals surface area contributed by atoms with Crippen LogP contribution < -0.4 is 4.90 Å². The minimum absolute atomic E-state index is 1.36. The third kappa shape index (κ3) is 13.9. The van der Waals surface area contributed by atoms with Crippen molar-refractivity contribution < 1.29 is 4.90 Å². The van der Waals surface area contributed by atoms with Crippen LogP contribution in [-0.2, 0) is 0 Å². The molecule has 0 heterocycles. The average molecular weight is 242 g/mol. The van der Waals surface area contributed by atoms with Gasteiger partial charge in [-0.1, -0.05) is 58.8 Å². The van der Waals surface area contributed by atoms with Gasteiger partial charge in [0.2, 0.25) is 0 Å². The second-order valence-corrected chi connectivity index (χ2v) is 5.64. The van der Waals surface area contributed by atoms with Crippen LogP contribution in [0.15, 0.2) is 0 Å². The summed E-state index contributed by atoms with van der Waals surface area (Å²) in [7, 11) is 2.37. The van der Waals surface area contributed by atoms with Gasteiger partial charge in [-0.15, -0.1) is 0 Å². The van der Waals surface area contributed by atoms with E-state index in [9.17, 15) is 0 Å². The normalized spacial score (nSPS) is 12.9. The van der Waals surface area contributed by atoms with Crippen molar-refractivity contribution in [2.24, 2.45) is 0 Å². The molecule has 0 saturated heterocycles. The van der Waals surface area contributed by atoms with Gasteiger partial charge < -0.3 is 4.90 Å².